The molecule has 0 saturated heterocycles. The monoisotopic (exact) mass is 898 g/mol. The molecule has 17 heteroatoms. The molecule has 8 bridgehead atoms. The molecule has 0 spiro atoms. The van der Waals surface area contributed by atoms with Crippen molar-refractivity contribution in [2.24, 2.45) is 0 Å². The van der Waals surface area contributed by atoms with Gasteiger partial charge in [-0.25, -0.2) is 9.97 Å². The van der Waals surface area contributed by atoms with E-state index in [1.54, 1.807) is 48.5 Å². The van der Waals surface area contributed by atoms with Crippen LogP contribution in [-0.4, -0.2) is 29.9 Å². The maximum Gasteiger partial charge on any atom is 2.00 e. The molecule has 234 valence electrons. The molecule has 49 heavy (non-hydrogen) atoms. The quantitative estimate of drug-likeness (QED) is 0.139. The van der Waals surface area contributed by atoms with Crippen molar-refractivity contribution in [2.45, 2.75) is 0 Å². The zero-order valence-corrected chi connectivity index (χ0v) is 34.0. The van der Waals surface area contributed by atoms with Crippen LogP contribution >= 0.6 is 92.8 Å². The fourth-order valence-electron chi connectivity index (χ4n) is 5.74. The second-order valence-electron chi connectivity index (χ2n) is 10.7. The van der Waals surface area contributed by atoms with Gasteiger partial charge in [0.2, 0.25) is 0 Å². The number of fused-ring (bicyclic) bond motifs is 20. The van der Waals surface area contributed by atoms with Gasteiger partial charge in [-0.2, -0.15) is 0 Å². The molecular formula is C32H8CdCl8N8. The van der Waals surface area contributed by atoms with E-state index < -0.39 is 0 Å². The normalized spacial score (nSPS) is 11.9. The van der Waals surface area contributed by atoms with Crippen molar-refractivity contribution >= 4 is 137 Å². The number of hydrogen-bond acceptors (Lipinski definition) is 6. The van der Waals surface area contributed by atoms with Gasteiger partial charge in [0.1, 0.15) is 0 Å². The molecular weight excluding hydrogens is 892 g/mol. The molecule has 7 aromatic rings. The Bertz CT molecular complexity index is 2430. The van der Waals surface area contributed by atoms with Crippen molar-refractivity contribution in [2.75, 3.05) is 0 Å². The van der Waals surface area contributed by atoms with Crippen LogP contribution in [0.2, 0.25) is 40.2 Å². The third kappa shape index (κ3) is 5.29. The summed E-state index contributed by atoms with van der Waals surface area (Å²) in [6.45, 7) is 0. The fraction of sp³-hybridized carbons (Fsp3) is 0. The van der Waals surface area contributed by atoms with Gasteiger partial charge >= 0.3 is 27.3 Å². The van der Waals surface area contributed by atoms with Crippen LogP contribution in [0.15, 0.2) is 48.5 Å². The second-order valence-corrected chi connectivity index (χ2v) is 13.9. The molecule has 0 radical (unpaired) electrons. The number of hydrogen-bond donors (Lipinski definition) is 0. The molecule has 0 amide bonds. The van der Waals surface area contributed by atoms with Crippen LogP contribution in [0.4, 0.5) is 0 Å². The third-order valence-corrected chi connectivity index (χ3v) is 10.6. The van der Waals surface area contributed by atoms with Crippen molar-refractivity contribution < 1.29 is 27.3 Å². The van der Waals surface area contributed by atoms with Gasteiger partial charge in [-0.05, 0) is 70.1 Å². The summed E-state index contributed by atoms with van der Waals surface area (Å²) in [6.07, 6.45) is 0. The molecule has 4 aromatic carbocycles. The van der Waals surface area contributed by atoms with Crippen molar-refractivity contribution in [1.82, 2.24) is 39.9 Å². The van der Waals surface area contributed by atoms with E-state index in [-0.39, 0.29) is 73.2 Å². The molecule has 0 saturated carbocycles. The van der Waals surface area contributed by atoms with Crippen LogP contribution in [0.1, 0.15) is 0 Å². The summed E-state index contributed by atoms with van der Waals surface area (Å²) in [4.78, 5) is 38.5. The molecule has 0 aliphatic carbocycles. The van der Waals surface area contributed by atoms with Gasteiger partial charge < -0.3 is 29.9 Å². The van der Waals surface area contributed by atoms with E-state index in [1.165, 1.54) is 0 Å². The van der Waals surface area contributed by atoms with Gasteiger partial charge in [-0.3, -0.25) is 0 Å². The Morgan fingerprint density at radius 1 is 0.327 bits per heavy atom. The zero-order valence-electron chi connectivity index (χ0n) is 23.9. The predicted molar refractivity (Wildman–Crippen MR) is 194 cm³/mol. The summed E-state index contributed by atoms with van der Waals surface area (Å²) < 4.78 is 0. The molecule has 2 aliphatic rings. The Balaban J connectivity index is 0.00000348. The Kier molecular flexibility index (Phi) is 8.45. The molecule has 9 rings (SSSR count). The molecule has 0 fully saturated rings. The first-order valence-corrected chi connectivity index (χ1v) is 16.7. The van der Waals surface area contributed by atoms with Gasteiger partial charge in [0.15, 0.2) is 0 Å². The van der Waals surface area contributed by atoms with E-state index in [1.807, 2.05) is 0 Å². The van der Waals surface area contributed by atoms with Crippen LogP contribution in [0.3, 0.4) is 0 Å². The maximum absolute atomic E-state index is 6.74. The first-order valence-electron chi connectivity index (χ1n) is 13.7. The minimum Gasteiger partial charge on any atom is -0.357 e. The summed E-state index contributed by atoms with van der Waals surface area (Å²) >= 11 is 52.8. The van der Waals surface area contributed by atoms with E-state index >= 15 is 0 Å². The fourth-order valence-corrected chi connectivity index (χ4v) is 7.37. The summed E-state index contributed by atoms with van der Waals surface area (Å²) in [7, 11) is 0. The molecule has 0 atom stereocenters. The van der Waals surface area contributed by atoms with Gasteiger partial charge in [0.25, 0.3) is 0 Å². The number of benzene rings is 4. The average molecular weight is 901 g/mol. The van der Waals surface area contributed by atoms with E-state index in [4.69, 9.17) is 133 Å². The number of aromatic nitrogens is 8. The predicted octanol–water partition coefficient (Wildman–Crippen LogP) is 11.4. The summed E-state index contributed by atoms with van der Waals surface area (Å²) in [5, 5.41) is 4.73. The summed E-state index contributed by atoms with van der Waals surface area (Å²) in [5.74, 6) is 0.819. The standard InChI is InChI=1S/C32H8Cl8N8.Cd/c33-13-1-2-14(34)22-21(13)29-43-25-9-5-17(37)18(38)6-10(9)27(41-25)45-31-23-15(35)3-4-16(36)24(23)32(48-31)46-28-12-8-20(40)19(39)7-11(12)26(42-28)44-30(22)47-29;/h1-8H;/q-2;+2. The average Bonchev–Trinajstić information content (AvgIpc) is 3.77. The smallest absolute Gasteiger partial charge is 0.357 e. The number of rotatable bonds is 0. The van der Waals surface area contributed by atoms with Gasteiger partial charge in [0.05, 0.1) is 63.5 Å². The first kappa shape index (κ1) is 33.6. The van der Waals surface area contributed by atoms with E-state index in [0.717, 1.165) is 0 Å². The number of halogens is 8. The largest absolute Gasteiger partial charge is 2.00 e. The van der Waals surface area contributed by atoms with E-state index in [2.05, 4.69) is 0 Å². The third-order valence-electron chi connectivity index (χ3n) is 7.88. The van der Waals surface area contributed by atoms with Crippen LogP contribution < -0.4 is 9.97 Å². The topological polar surface area (TPSA) is 106 Å². The van der Waals surface area contributed by atoms with Crippen molar-refractivity contribution in [3.8, 4) is 45.6 Å². The van der Waals surface area contributed by atoms with Gasteiger partial charge in [0, 0.05) is 44.8 Å². The Morgan fingerprint density at radius 3 is 0.776 bits per heavy atom. The Labute approximate surface area is 335 Å². The Hall–Kier alpha value is -2.52. The van der Waals surface area contributed by atoms with Gasteiger partial charge in [-0.15, -0.1) is 0 Å². The zero-order chi connectivity index (χ0) is 33.2. The van der Waals surface area contributed by atoms with Crippen LogP contribution in [0, 0.1) is 0 Å². The second kappa shape index (κ2) is 12.3. The number of nitrogens with zero attached hydrogens (tertiary/aromatic N) is 8. The molecule has 0 unspecified atom stereocenters. The van der Waals surface area contributed by atoms with Crippen LogP contribution in [0.5, 0.6) is 0 Å². The van der Waals surface area contributed by atoms with Crippen LogP contribution in [0.25, 0.3) is 89.7 Å². The van der Waals surface area contributed by atoms with Crippen LogP contribution in [-0.2, 0) is 27.3 Å². The molecule has 0 N–H and O–H groups in total. The van der Waals surface area contributed by atoms with Crippen molar-refractivity contribution in [3.63, 3.8) is 0 Å². The SMILES string of the molecule is Clc1cc2c3nc4nc(nc5[n-]c(nc6nc(nc([n-]3)c2cc1Cl)-c1c(Cl)ccc(Cl)c1-6)c1cc(Cl)c(Cl)cc51)-c1c(Cl)ccc(Cl)c1-4.[Cd+2]. The molecule has 2 aliphatic heterocycles. The molecule has 3 aromatic heterocycles. The van der Waals surface area contributed by atoms with E-state index in [0.29, 0.717) is 84.0 Å². The summed E-state index contributed by atoms with van der Waals surface area (Å²) in [5.41, 5.74) is 2.78. The van der Waals surface area contributed by atoms with Gasteiger partial charge in [-0.1, -0.05) is 92.8 Å². The Morgan fingerprint density at radius 2 is 0.551 bits per heavy atom. The first-order chi connectivity index (χ1) is 23.0. The summed E-state index contributed by atoms with van der Waals surface area (Å²) in [6, 6.07) is 13.2. The van der Waals surface area contributed by atoms with E-state index in [9.17, 15) is 0 Å². The minimum absolute atomic E-state index is 0. The van der Waals surface area contributed by atoms with Crippen molar-refractivity contribution in [1.29, 1.82) is 0 Å². The molecule has 8 nitrogen and oxygen atoms in total. The minimum atomic E-state index is 0. The van der Waals surface area contributed by atoms with Crippen molar-refractivity contribution in [3.05, 3.63) is 88.7 Å². The molecule has 5 heterocycles. The maximum atomic E-state index is 6.74.